The number of halogens is 2. The fraction of sp³-hybridized carbons (Fsp3) is 0.143. The number of H-pyrrole nitrogens is 1. The molecule has 1 heterocycles. The molecule has 0 saturated heterocycles. The van der Waals surface area contributed by atoms with Crippen LogP contribution in [0.5, 0.6) is 0 Å². The molecule has 6 heteroatoms. The lowest BCUT2D eigenvalue weighted by Gasteiger charge is -2.16. The Hall–Kier alpha value is -1.36. The summed E-state index contributed by atoms with van der Waals surface area (Å²) in [5.41, 5.74) is 1.23. The molecule has 0 aliphatic heterocycles. The summed E-state index contributed by atoms with van der Waals surface area (Å²) in [6, 6.07) is 8.33. The van der Waals surface area contributed by atoms with Crippen LogP contribution in [-0.4, -0.2) is 10.9 Å². The maximum absolute atomic E-state index is 12.2. The number of aromatic amines is 1. The number of rotatable bonds is 3. The van der Waals surface area contributed by atoms with Crippen molar-refractivity contribution in [1.82, 2.24) is 10.3 Å². The molecule has 0 fully saturated rings. The number of aromatic nitrogens is 1. The van der Waals surface area contributed by atoms with E-state index in [1.807, 2.05) is 6.92 Å². The van der Waals surface area contributed by atoms with Crippen LogP contribution >= 0.6 is 35.4 Å². The Bertz CT molecular complexity index is 700. The maximum atomic E-state index is 12.2. The number of amides is 1. The molecule has 3 nitrogen and oxygen atoms in total. The Balaban J connectivity index is 2.20. The third kappa shape index (κ3) is 3.39. The number of nitrogens with one attached hydrogen (secondary N) is 2. The summed E-state index contributed by atoms with van der Waals surface area (Å²) >= 11 is 17.1. The van der Waals surface area contributed by atoms with E-state index in [1.54, 1.807) is 36.5 Å². The first-order chi connectivity index (χ1) is 9.49. The van der Waals surface area contributed by atoms with Crippen LogP contribution in [0.25, 0.3) is 0 Å². The zero-order chi connectivity index (χ0) is 14.7. The quantitative estimate of drug-likeness (QED) is 0.813. The minimum Gasteiger partial charge on any atom is -0.352 e. The lowest BCUT2D eigenvalue weighted by Crippen LogP contribution is -2.27. The SMILES string of the molecule is CC(NC(=O)c1ccc[nH]c1=S)c1ccc(Cl)cc1Cl. The molecule has 0 saturated carbocycles. The number of benzene rings is 1. The highest BCUT2D eigenvalue weighted by Gasteiger charge is 2.15. The number of hydrogen-bond donors (Lipinski definition) is 2. The van der Waals surface area contributed by atoms with E-state index < -0.39 is 0 Å². The van der Waals surface area contributed by atoms with Gasteiger partial charge in [-0.15, -0.1) is 0 Å². The van der Waals surface area contributed by atoms with Gasteiger partial charge < -0.3 is 10.3 Å². The van der Waals surface area contributed by atoms with E-state index in [1.165, 1.54) is 0 Å². The molecular formula is C14H12Cl2N2OS. The molecule has 2 N–H and O–H groups in total. The van der Waals surface area contributed by atoms with E-state index in [4.69, 9.17) is 35.4 Å². The minimum atomic E-state index is -0.248. The van der Waals surface area contributed by atoms with Gasteiger partial charge in [0.25, 0.3) is 5.91 Å². The van der Waals surface area contributed by atoms with Crippen LogP contribution < -0.4 is 5.32 Å². The highest BCUT2D eigenvalue weighted by molar-refractivity contribution is 7.71. The summed E-state index contributed by atoms with van der Waals surface area (Å²) in [5, 5.41) is 3.94. The lowest BCUT2D eigenvalue weighted by molar-refractivity contribution is 0.0939. The normalized spacial score (nSPS) is 11.9. The van der Waals surface area contributed by atoms with Crippen molar-refractivity contribution in [3.05, 3.63) is 62.3 Å². The second-order valence-corrected chi connectivity index (χ2v) is 5.53. The minimum absolute atomic E-state index is 0.245. The van der Waals surface area contributed by atoms with Gasteiger partial charge in [-0.05, 0) is 36.8 Å². The Labute approximate surface area is 131 Å². The summed E-state index contributed by atoms with van der Waals surface area (Å²) < 4.78 is 0.402. The van der Waals surface area contributed by atoms with Crippen molar-refractivity contribution in [1.29, 1.82) is 0 Å². The van der Waals surface area contributed by atoms with Gasteiger partial charge in [0.2, 0.25) is 0 Å². The predicted molar refractivity (Wildman–Crippen MR) is 84.0 cm³/mol. The first-order valence-corrected chi connectivity index (χ1v) is 7.09. The van der Waals surface area contributed by atoms with Crippen LogP contribution in [0.3, 0.4) is 0 Å². The van der Waals surface area contributed by atoms with Crippen molar-refractivity contribution < 1.29 is 4.79 Å². The molecule has 0 aliphatic rings. The third-order valence-electron chi connectivity index (χ3n) is 2.84. The monoisotopic (exact) mass is 326 g/mol. The Morgan fingerprint density at radius 3 is 2.75 bits per heavy atom. The predicted octanol–water partition coefficient (Wildman–Crippen LogP) is 4.54. The van der Waals surface area contributed by atoms with Gasteiger partial charge in [0.05, 0.1) is 11.6 Å². The van der Waals surface area contributed by atoms with Crippen molar-refractivity contribution in [3.8, 4) is 0 Å². The zero-order valence-corrected chi connectivity index (χ0v) is 12.9. The Kier molecular flexibility index (Phi) is 4.81. The lowest BCUT2D eigenvalue weighted by atomic mass is 10.1. The number of pyridine rings is 1. The van der Waals surface area contributed by atoms with Gasteiger partial charge in [-0.2, -0.15) is 0 Å². The highest BCUT2D eigenvalue weighted by Crippen LogP contribution is 2.26. The topological polar surface area (TPSA) is 44.9 Å². The van der Waals surface area contributed by atoms with Gasteiger partial charge in [-0.25, -0.2) is 0 Å². The van der Waals surface area contributed by atoms with E-state index in [9.17, 15) is 4.79 Å². The van der Waals surface area contributed by atoms with Gasteiger partial charge in [-0.1, -0.05) is 41.5 Å². The van der Waals surface area contributed by atoms with Gasteiger partial charge in [0.15, 0.2) is 0 Å². The molecule has 1 amide bonds. The molecule has 0 radical (unpaired) electrons. The van der Waals surface area contributed by atoms with E-state index >= 15 is 0 Å². The van der Waals surface area contributed by atoms with E-state index in [2.05, 4.69) is 10.3 Å². The smallest absolute Gasteiger partial charge is 0.254 e. The van der Waals surface area contributed by atoms with E-state index in [-0.39, 0.29) is 11.9 Å². The van der Waals surface area contributed by atoms with Crippen LogP contribution in [0, 0.1) is 4.64 Å². The molecule has 2 aromatic rings. The molecular weight excluding hydrogens is 315 g/mol. The Morgan fingerprint density at radius 1 is 1.35 bits per heavy atom. The van der Waals surface area contributed by atoms with Crippen molar-refractivity contribution >= 4 is 41.3 Å². The van der Waals surface area contributed by atoms with Crippen molar-refractivity contribution in [2.45, 2.75) is 13.0 Å². The van der Waals surface area contributed by atoms with Crippen LogP contribution in [0.15, 0.2) is 36.5 Å². The first kappa shape index (κ1) is 15.0. The number of carbonyl (C=O) groups excluding carboxylic acids is 1. The first-order valence-electron chi connectivity index (χ1n) is 5.92. The van der Waals surface area contributed by atoms with Crippen molar-refractivity contribution in [3.63, 3.8) is 0 Å². The zero-order valence-electron chi connectivity index (χ0n) is 10.6. The molecule has 1 unspecified atom stereocenters. The third-order valence-corrected chi connectivity index (χ3v) is 3.74. The average molecular weight is 327 g/mol. The highest BCUT2D eigenvalue weighted by atomic mass is 35.5. The number of carbonyl (C=O) groups is 1. The fourth-order valence-electron chi connectivity index (χ4n) is 1.81. The summed E-state index contributed by atoms with van der Waals surface area (Å²) in [4.78, 5) is 15.0. The Morgan fingerprint density at radius 2 is 2.10 bits per heavy atom. The van der Waals surface area contributed by atoms with Crippen LogP contribution in [0.4, 0.5) is 0 Å². The van der Waals surface area contributed by atoms with Gasteiger partial charge >= 0.3 is 0 Å². The van der Waals surface area contributed by atoms with Gasteiger partial charge in [0.1, 0.15) is 4.64 Å². The summed E-state index contributed by atoms with van der Waals surface area (Å²) in [5.74, 6) is -0.245. The molecule has 1 aromatic heterocycles. The number of hydrogen-bond acceptors (Lipinski definition) is 2. The van der Waals surface area contributed by atoms with Gasteiger partial charge in [0, 0.05) is 16.2 Å². The molecule has 1 atom stereocenters. The molecule has 104 valence electrons. The molecule has 0 aliphatic carbocycles. The second-order valence-electron chi connectivity index (χ2n) is 4.27. The molecule has 2 rings (SSSR count). The summed E-state index contributed by atoms with van der Waals surface area (Å²) in [6.07, 6.45) is 1.68. The molecule has 1 aromatic carbocycles. The van der Waals surface area contributed by atoms with E-state index in [0.29, 0.717) is 20.2 Å². The largest absolute Gasteiger partial charge is 0.352 e. The molecule has 20 heavy (non-hydrogen) atoms. The maximum Gasteiger partial charge on any atom is 0.254 e. The van der Waals surface area contributed by atoms with Crippen LogP contribution in [0.2, 0.25) is 10.0 Å². The van der Waals surface area contributed by atoms with Gasteiger partial charge in [-0.3, -0.25) is 4.79 Å². The summed E-state index contributed by atoms with van der Waals surface area (Å²) in [7, 11) is 0. The average Bonchev–Trinajstić information content (AvgIpc) is 2.38. The van der Waals surface area contributed by atoms with Crippen LogP contribution in [0.1, 0.15) is 28.9 Å². The standard InChI is InChI=1S/C14H12Cl2N2OS/c1-8(10-5-4-9(15)7-12(10)16)18-13(19)11-3-2-6-17-14(11)20/h2-8H,1H3,(H,17,20)(H,18,19). The van der Waals surface area contributed by atoms with Crippen molar-refractivity contribution in [2.75, 3.05) is 0 Å². The second kappa shape index (κ2) is 6.39. The molecule has 0 bridgehead atoms. The van der Waals surface area contributed by atoms with Crippen LogP contribution in [-0.2, 0) is 0 Å². The summed E-state index contributed by atoms with van der Waals surface area (Å²) in [6.45, 7) is 1.85. The van der Waals surface area contributed by atoms with E-state index in [0.717, 1.165) is 5.56 Å². The molecule has 0 spiro atoms. The van der Waals surface area contributed by atoms with Crippen molar-refractivity contribution in [2.24, 2.45) is 0 Å². The fourth-order valence-corrected chi connectivity index (χ4v) is 2.61.